The van der Waals surface area contributed by atoms with E-state index in [1.54, 1.807) is 8.03 Å². The second kappa shape index (κ2) is 16.5. The summed E-state index contributed by atoms with van der Waals surface area (Å²) in [7, 11) is 0. The third-order valence-corrected chi connectivity index (χ3v) is 15.4. The van der Waals surface area contributed by atoms with E-state index in [0.29, 0.717) is 24.2 Å². The minimum absolute atomic E-state index is 0. The Kier molecular flexibility index (Phi) is 12.8. The molecule has 0 unspecified atom stereocenters. The van der Waals surface area contributed by atoms with Crippen molar-refractivity contribution in [1.82, 2.24) is 18.3 Å². The van der Waals surface area contributed by atoms with Gasteiger partial charge in [-0.1, -0.05) is 0 Å². The van der Waals surface area contributed by atoms with Gasteiger partial charge in [-0.15, -0.1) is 24.8 Å². The quantitative estimate of drug-likeness (QED) is 0.233. The van der Waals surface area contributed by atoms with Gasteiger partial charge in [0.15, 0.2) is 0 Å². The summed E-state index contributed by atoms with van der Waals surface area (Å²) in [6.07, 6.45) is 37.8. The molecule has 2 aromatic heterocycles. The average Bonchev–Trinajstić information content (AvgIpc) is 3.72. The van der Waals surface area contributed by atoms with Crippen LogP contribution >= 0.6 is 24.8 Å². The number of imidazole rings is 2. The van der Waals surface area contributed by atoms with Gasteiger partial charge in [0.25, 0.3) is 0 Å². The molecule has 0 atom stereocenters. The molecule has 4 fully saturated rings. The van der Waals surface area contributed by atoms with Crippen LogP contribution in [0.3, 0.4) is 0 Å². The van der Waals surface area contributed by atoms with Crippen LogP contribution in [0.1, 0.15) is 158 Å². The van der Waals surface area contributed by atoms with E-state index in [1.165, 1.54) is 134 Å². The maximum atomic E-state index is 2.86. The zero-order valence-electron chi connectivity index (χ0n) is 26.7. The summed E-state index contributed by atoms with van der Waals surface area (Å²) in [6.45, 7) is 0. The van der Waals surface area contributed by atoms with Gasteiger partial charge in [-0.2, -0.15) is 0 Å². The van der Waals surface area contributed by atoms with Gasteiger partial charge in [0.1, 0.15) is 0 Å². The second-order valence-corrected chi connectivity index (χ2v) is 17.2. The Morgan fingerprint density at radius 1 is 0.432 bits per heavy atom. The van der Waals surface area contributed by atoms with E-state index in [9.17, 15) is 0 Å². The Hall–Kier alpha value is -1.29. The number of hydrogen-bond acceptors (Lipinski definition) is 0. The molecule has 7 heteroatoms. The summed E-state index contributed by atoms with van der Waals surface area (Å²) in [5.74, 6) is 0. The molecule has 1 aromatic carbocycles. The Labute approximate surface area is 282 Å². The molecule has 2 heterocycles. The van der Waals surface area contributed by atoms with Gasteiger partial charge >= 0.3 is 259 Å². The van der Waals surface area contributed by atoms with E-state index in [4.69, 9.17) is 0 Å². The fraction of sp³-hybridized carbons (Fsp3) is 0.649. The van der Waals surface area contributed by atoms with Crippen molar-refractivity contribution in [3.63, 3.8) is 0 Å². The molecular weight excluding hydrogens is 672 g/mol. The van der Waals surface area contributed by atoms with Crippen molar-refractivity contribution in [2.75, 3.05) is 0 Å². The molecular formula is C37H56Cl2N4Ru. The van der Waals surface area contributed by atoms with E-state index >= 15 is 0 Å². The Morgan fingerprint density at radius 2 is 0.727 bits per heavy atom. The van der Waals surface area contributed by atoms with E-state index < -0.39 is 14.6 Å². The van der Waals surface area contributed by atoms with Crippen molar-refractivity contribution in [2.45, 2.75) is 153 Å². The van der Waals surface area contributed by atoms with Crippen LogP contribution in [0.25, 0.3) is 0 Å². The van der Waals surface area contributed by atoms with Crippen LogP contribution in [0, 0.1) is 8.03 Å². The Bertz CT molecular complexity index is 1370. The predicted molar refractivity (Wildman–Crippen MR) is 186 cm³/mol. The van der Waals surface area contributed by atoms with Crippen molar-refractivity contribution in [2.24, 2.45) is 0 Å². The standard InChI is InChI=1S/2C15H24N2.C7H6.2ClH.Ru/c2*1-3-7-14(8-4-1)16-11-12-17(13-16)15-9-5-2-6-10-15;1-7-5-3-2-4-6-7;;;/h2*11-12,14-15H,1-10H2;1-6H;2*1H;. The number of hydrogen-bond donors (Lipinski definition) is 0. The molecule has 0 radical (unpaired) electrons. The van der Waals surface area contributed by atoms with Gasteiger partial charge in [0, 0.05) is 0 Å². The van der Waals surface area contributed by atoms with Crippen LogP contribution < -0.4 is 0 Å². The van der Waals surface area contributed by atoms with E-state index in [1.807, 2.05) is 0 Å². The van der Waals surface area contributed by atoms with Crippen molar-refractivity contribution in [1.29, 1.82) is 0 Å². The first-order chi connectivity index (χ1) is 20.9. The molecule has 4 nitrogen and oxygen atoms in total. The second-order valence-electron chi connectivity index (χ2n) is 13.7. The van der Waals surface area contributed by atoms with Gasteiger partial charge in [0.05, 0.1) is 0 Å². The summed E-state index contributed by atoms with van der Waals surface area (Å²) in [6, 6.07) is 14.1. The first-order valence-corrected chi connectivity index (χ1v) is 20.4. The Morgan fingerprint density at radius 3 is 1.02 bits per heavy atom. The van der Waals surface area contributed by atoms with Gasteiger partial charge in [0.2, 0.25) is 0 Å². The SMILES string of the molecule is Cl.Cl.[CH](c1ccccc1)=[Ru](=[c]1n(C2CCCCC2)ccn1C1CCCCC1)=[c]1n(C2CCCCC2)ccn1C1CCCCC1. The van der Waals surface area contributed by atoms with E-state index in [0.717, 1.165) is 0 Å². The summed E-state index contributed by atoms with van der Waals surface area (Å²) < 4.78 is 17.6. The molecule has 7 rings (SSSR count). The molecule has 4 saturated carbocycles. The molecule has 0 spiro atoms. The van der Waals surface area contributed by atoms with Gasteiger partial charge in [-0.05, 0) is 0 Å². The zero-order valence-corrected chi connectivity index (χ0v) is 30.1. The van der Waals surface area contributed by atoms with Crippen LogP contribution in [0.5, 0.6) is 0 Å². The summed E-state index contributed by atoms with van der Waals surface area (Å²) in [5, 5.41) is 0. The van der Waals surface area contributed by atoms with E-state index in [-0.39, 0.29) is 24.8 Å². The zero-order chi connectivity index (χ0) is 28.1. The molecule has 0 N–H and O–H groups in total. The van der Waals surface area contributed by atoms with Crippen molar-refractivity contribution in [3.8, 4) is 0 Å². The van der Waals surface area contributed by atoms with Crippen LogP contribution in [0.2, 0.25) is 0 Å². The van der Waals surface area contributed by atoms with E-state index in [2.05, 4.69) is 78.0 Å². The summed E-state index contributed by atoms with van der Waals surface area (Å²) >= 11 is -1.86. The third kappa shape index (κ3) is 7.47. The van der Waals surface area contributed by atoms with Crippen molar-refractivity contribution in [3.05, 3.63) is 68.7 Å². The molecule has 0 saturated heterocycles. The molecule has 3 aromatic rings. The molecule has 246 valence electrons. The van der Waals surface area contributed by atoms with Crippen LogP contribution in [-0.4, -0.2) is 22.9 Å². The number of aromatic nitrogens is 4. The van der Waals surface area contributed by atoms with Gasteiger partial charge < -0.3 is 0 Å². The molecule has 4 aliphatic carbocycles. The number of halogens is 2. The summed E-state index contributed by atoms with van der Waals surface area (Å²) in [5.41, 5.74) is 1.43. The molecule has 44 heavy (non-hydrogen) atoms. The first-order valence-electron chi connectivity index (χ1n) is 17.6. The average molecular weight is 729 g/mol. The maximum absolute atomic E-state index is 2.86. The molecule has 0 bridgehead atoms. The first kappa shape index (κ1) is 34.1. The van der Waals surface area contributed by atoms with Crippen molar-refractivity contribution >= 4 is 29.4 Å². The van der Waals surface area contributed by atoms with Crippen LogP contribution in [0.4, 0.5) is 0 Å². The number of rotatable bonds is 5. The number of benzene rings is 1. The molecule has 0 amide bonds. The third-order valence-electron chi connectivity index (χ3n) is 10.8. The monoisotopic (exact) mass is 728 g/mol. The normalized spacial score (nSPS) is 21.1. The Balaban J connectivity index is 0.00000192. The fourth-order valence-corrected chi connectivity index (χ4v) is 13.9. The predicted octanol–water partition coefficient (Wildman–Crippen LogP) is 11.0. The van der Waals surface area contributed by atoms with Gasteiger partial charge in [-0.3, -0.25) is 0 Å². The fourth-order valence-electron chi connectivity index (χ4n) is 8.50. The number of nitrogens with zero attached hydrogens (tertiary/aromatic N) is 4. The van der Waals surface area contributed by atoms with Crippen molar-refractivity contribution < 1.29 is 14.6 Å². The summed E-state index contributed by atoms with van der Waals surface area (Å²) in [4.78, 5) is 0. The van der Waals surface area contributed by atoms with Gasteiger partial charge in [-0.25, -0.2) is 0 Å². The van der Waals surface area contributed by atoms with Crippen LogP contribution in [0.15, 0.2) is 55.1 Å². The minimum atomic E-state index is -1.86. The topological polar surface area (TPSA) is 19.7 Å². The van der Waals surface area contributed by atoms with Crippen LogP contribution in [-0.2, 0) is 14.6 Å². The molecule has 0 aliphatic heterocycles. The molecule has 4 aliphatic rings.